The first-order chi connectivity index (χ1) is 8.83. The van der Waals surface area contributed by atoms with Gasteiger partial charge in [-0.15, -0.1) is 0 Å². The lowest BCUT2D eigenvalue weighted by Gasteiger charge is -2.43. The Kier molecular flexibility index (Phi) is 3.88. The molecule has 0 aromatic carbocycles. The Morgan fingerprint density at radius 3 is 2.72 bits per heavy atom. The maximum atomic E-state index is 11.6. The van der Waals surface area contributed by atoms with Crippen molar-refractivity contribution in [2.75, 3.05) is 19.6 Å². The highest BCUT2D eigenvalue weighted by Gasteiger charge is 2.37. The van der Waals surface area contributed by atoms with E-state index in [1.54, 1.807) is 0 Å². The molecule has 0 aromatic rings. The number of nitrogens with zero attached hydrogens (tertiary/aromatic N) is 1. The van der Waals surface area contributed by atoms with Gasteiger partial charge in [0, 0.05) is 19.0 Å². The maximum Gasteiger partial charge on any atom is 0.220 e. The van der Waals surface area contributed by atoms with E-state index in [2.05, 4.69) is 10.2 Å². The number of piperidine rings is 2. The molecule has 3 heteroatoms. The van der Waals surface area contributed by atoms with E-state index in [0.717, 1.165) is 18.8 Å². The van der Waals surface area contributed by atoms with E-state index in [1.165, 1.54) is 58.2 Å². The van der Waals surface area contributed by atoms with E-state index >= 15 is 0 Å². The number of hydrogen-bond acceptors (Lipinski definition) is 2. The molecule has 1 aliphatic carbocycles. The Hall–Kier alpha value is -0.570. The van der Waals surface area contributed by atoms with Crippen LogP contribution in [-0.4, -0.2) is 36.5 Å². The van der Waals surface area contributed by atoms with Crippen molar-refractivity contribution in [1.29, 1.82) is 0 Å². The van der Waals surface area contributed by atoms with Crippen molar-refractivity contribution in [2.45, 2.75) is 57.4 Å². The molecule has 0 aromatic heterocycles. The number of amides is 1. The molecule has 3 rings (SSSR count). The number of fused-ring (bicyclic) bond motifs is 1. The van der Waals surface area contributed by atoms with E-state index in [9.17, 15) is 4.79 Å². The molecule has 3 aliphatic rings. The van der Waals surface area contributed by atoms with Gasteiger partial charge in [0.2, 0.25) is 5.91 Å². The minimum Gasteiger partial charge on any atom is -0.353 e. The fourth-order valence-corrected chi connectivity index (χ4v) is 4.20. The maximum absolute atomic E-state index is 11.6. The van der Waals surface area contributed by atoms with Gasteiger partial charge >= 0.3 is 0 Å². The number of hydrogen-bond donors (Lipinski definition) is 1. The summed E-state index contributed by atoms with van der Waals surface area (Å²) in [5.74, 6) is 1.78. The van der Waals surface area contributed by atoms with E-state index in [4.69, 9.17) is 0 Å². The van der Waals surface area contributed by atoms with Gasteiger partial charge in [0.15, 0.2) is 0 Å². The lowest BCUT2D eigenvalue weighted by molar-refractivity contribution is -0.125. The monoisotopic (exact) mass is 250 g/mol. The average molecular weight is 250 g/mol. The summed E-state index contributed by atoms with van der Waals surface area (Å²) in [5, 5.41) is 3.29. The molecule has 1 saturated carbocycles. The first-order valence-electron chi connectivity index (χ1n) is 7.84. The molecule has 0 spiro atoms. The Balaban J connectivity index is 1.60. The van der Waals surface area contributed by atoms with Crippen LogP contribution in [0, 0.1) is 11.8 Å². The molecule has 2 heterocycles. The van der Waals surface area contributed by atoms with Crippen LogP contribution in [0.3, 0.4) is 0 Å². The highest BCUT2D eigenvalue weighted by atomic mass is 16.1. The van der Waals surface area contributed by atoms with Crippen LogP contribution < -0.4 is 5.32 Å². The molecule has 0 radical (unpaired) electrons. The van der Waals surface area contributed by atoms with Crippen LogP contribution in [0.1, 0.15) is 51.4 Å². The van der Waals surface area contributed by atoms with Crippen LogP contribution in [0.5, 0.6) is 0 Å². The zero-order chi connectivity index (χ0) is 12.4. The zero-order valence-corrected chi connectivity index (χ0v) is 11.4. The second kappa shape index (κ2) is 5.60. The summed E-state index contributed by atoms with van der Waals surface area (Å²) in [6.07, 6.45) is 10.1. The van der Waals surface area contributed by atoms with Crippen LogP contribution in [0.2, 0.25) is 0 Å². The zero-order valence-electron chi connectivity index (χ0n) is 11.4. The number of rotatable bonds is 2. The third kappa shape index (κ3) is 2.71. The summed E-state index contributed by atoms with van der Waals surface area (Å²) in [5.41, 5.74) is 0. The lowest BCUT2D eigenvalue weighted by atomic mass is 9.73. The van der Waals surface area contributed by atoms with E-state index in [0.29, 0.717) is 17.9 Å². The molecule has 102 valence electrons. The van der Waals surface area contributed by atoms with Crippen molar-refractivity contribution in [3.05, 3.63) is 0 Å². The molecule has 2 aliphatic heterocycles. The summed E-state index contributed by atoms with van der Waals surface area (Å²) < 4.78 is 0. The van der Waals surface area contributed by atoms with Crippen molar-refractivity contribution in [2.24, 2.45) is 11.8 Å². The second-order valence-corrected chi connectivity index (χ2v) is 6.44. The minimum absolute atomic E-state index is 0.293. The SMILES string of the molecule is O=C1CC[C@@H]2CCC[C@@H](CN3CCCCC3)[C@@H]2N1. The summed E-state index contributed by atoms with van der Waals surface area (Å²) >= 11 is 0. The molecular weight excluding hydrogens is 224 g/mol. The van der Waals surface area contributed by atoms with Gasteiger partial charge in [-0.2, -0.15) is 0 Å². The molecule has 3 nitrogen and oxygen atoms in total. The Bertz CT molecular complexity index is 299. The third-order valence-corrected chi connectivity index (χ3v) is 5.18. The highest BCUT2D eigenvalue weighted by Crippen LogP contribution is 2.35. The van der Waals surface area contributed by atoms with E-state index < -0.39 is 0 Å². The molecule has 1 N–H and O–H groups in total. The van der Waals surface area contributed by atoms with Crippen molar-refractivity contribution in [1.82, 2.24) is 10.2 Å². The Morgan fingerprint density at radius 1 is 1.06 bits per heavy atom. The van der Waals surface area contributed by atoms with Gasteiger partial charge in [-0.25, -0.2) is 0 Å². The lowest BCUT2D eigenvalue weighted by Crippen LogP contribution is -2.54. The molecule has 0 bridgehead atoms. The number of carbonyl (C=O) groups is 1. The average Bonchev–Trinajstić information content (AvgIpc) is 2.41. The molecule has 1 amide bonds. The van der Waals surface area contributed by atoms with Crippen LogP contribution in [0.15, 0.2) is 0 Å². The van der Waals surface area contributed by atoms with Crippen molar-refractivity contribution < 1.29 is 4.79 Å². The number of carbonyl (C=O) groups excluding carboxylic acids is 1. The van der Waals surface area contributed by atoms with Crippen molar-refractivity contribution >= 4 is 5.91 Å². The fraction of sp³-hybridized carbons (Fsp3) is 0.933. The van der Waals surface area contributed by atoms with E-state index in [1.807, 2.05) is 0 Å². The first kappa shape index (κ1) is 12.5. The quantitative estimate of drug-likeness (QED) is 0.814. The van der Waals surface area contributed by atoms with Gasteiger partial charge in [-0.1, -0.05) is 12.8 Å². The van der Waals surface area contributed by atoms with Gasteiger partial charge in [-0.05, 0) is 57.0 Å². The first-order valence-corrected chi connectivity index (χ1v) is 7.84. The highest BCUT2D eigenvalue weighted by molar-refractivity contribution is 5.77. The van der Waals surface area contributed by atoms with Crippen molar-refractivity contribution in [3.63, 3.8) is 0 Å². The summed E-state index contributed by atoms with van der Waals surface area (Å²) in [6, 6.07) is 0.488. The molecular formula is C15H26N2O. The van der Waals surface area contributed by atoms with Gasteiger partial charge in [0.25, 0.3) is 0 Å². The van der Waals surface area contributed by atoms with Crippen LogP contribution in [0.4, 0.5) is 0 Å². The Labute approximate surface area is 110 Å². The number of likely N-dealkylation sites (tertiary alicyclic amines) is 1. The topological polar surface area (TPSA) is 32.3 Å². The predicted molar refractivity (Wildman–Crippen MR) is 72.3 cm³/mol. The Morgan fingerprint density at radius 2 is 1.89 bits per heavy atom. The molecule has 18 heavy (non-hydrogen) atoms. The van der Waals surface area contributed by atoms with Crippen LogP contribution >= 0.6 is 0 Å². The van der Waals surface area contributed by atoms with Crippen LogP contribution in [-0.2, 0) is 4.79 Å². The minimum atomic E-state index is 0.293. The summed E-state index contributed by atoms with van der Waals surface area (Å²) in [6.45, 7) is 3.78. The molecule has 2 saturated heterocycles. The van der Waals surface area contributed by atoms with Gasteiger partial charge < -0.3 is 10.2 Å². The summed E-state index contributed by atoms with van der Waals surface area (Å²) in [4.78, 5) is 14.3. The third-order valence-electron chi connectivity index (χ3n) is 5.18. The smallest absolute Gasteiger partial charge is 0.220 e. The van der Waals surface area contributed by atoms with Crippen molar-refractivity contribution in [3.8, 4) is 0 Å². The van der Waals surface area contributed by atoms with E-state index in [-0.39, 0.29) is 0 Å². The molecule has 0 unspecified atom stereocenters. The molecule has 3 atom stereocenters. The van der Waals surface area contributed by atoms with Gasteiger partial charge in [0.1, 0.15) is 0 Å². The van der Waals surface area contributed by atoms with Gasteiger partial charge in [0.05, 0.1) is 0 Å². The fourth-order valence-electron chi connectivity index (χ4n) is 4.20. The predicted octanol–water partition coefficient (Wildman–Crippen LogP) is 2.17. The number of nitrogens with one attached hydrogen (secondary N) is 1. The molecule has 3 fully saturated rings. The van der Waals surface area contributed by atoms with Crippen LogP contribution in [0.25, 0.3) is 0 Å². The normalized spacial score (nSPS) is 38.0. The standard InChI is InChI=1S/C15H26N2O/c18-14-8-7-12-5-4-6-13(15(12)16-14)11-17-9-2-1-3-10-17/h12-13,15H,1-11H2,(H,16,18)/t12-,13-,15+/m0/s1. The van der Waals surface area contributed by atoms with Gasteiger partial charge in [-0.3, -0.25) is 4.79 Å². The summed E-state index contributed by atoms with van der Waals surface area (Å²) in [7, 11) is 0. The second-order valence-electron chi connectivity index (χ2n) is 6.44. The largest absolute Gasteiger partial charge is 0.353 e.